The highest BCUT2D eigenvalue weighted by atomic mass is 16.5. The number of benzene rings is 1. The van der Waals surface area contributed by atoms with Crippen LogP contribution in [0.25, 0.3) is 0 Å². The summed E-state index contributed by atoms with van der Waals surface area (Å²) in [6.45, 7) is 2.47. The highest BCUT2D eigenvalue weighted by molar-refractivity contribution is 5.95. The second kappa shape index (κ2) is 12.3. The van der Waals surface area contributed by atoms with Gasteiger partial charge in [0.1, 0.15) is 18.6 Å². The van der Waals surface area contributed by atoms with Crippen molar-refractivity contribution in [1.82, 2.24) is 5.32 Å². The van der Waals surface area contributed by atoms with E-state index in [-0.39, 0.29) is 12.5 Å². The van der Waals surface area contributed by atoms with Gasteiger partial charge in [-0.15, -0.1) is 0 Å². The van der Waals surface area contributed by atoms with E-state index in [1.165, 1.54) is 7.11 Å². The fourth-order valence-electron chi connectivity index (χ4n) is 1.76. The Balaban J connectivity index is 2.06. The van der Waals surface area contributed by atoms with Crippen molar-refractivity contribution in [2.75, 3.05) is 59.0 Å². The van der Waals surface area contributed by atoms with Crippen molar-refractivity contribution < 1.29 is 28.5 Å². The SMILES string of the molecule is COc1cc(C(=O)NCCOCCOCCOCC=O)ccc1N. The van der Waals surface area contributed by atoms with Crippen molar-refractivity contribution in [2.24, 2.45) is 0 Å². The average molecular weight is 340 g/mol. The van der Waals surface area contributed by atoms with E-state index in [1.807, 2.05) is 0 Å². The molecule has 1 aromatic rings. The Morgan fingerprint density at radius 2 is 1.79 bits per heavy atom. The van der Waals surface area contributed by atoms with Crippen molar-refractivity contribution >= 4 is 17.9 Å². The van der Waals surface area contributed by atoms with E-state index in [1.54, 1.807) is 18.2 Å². The van der Waals surface area contributed by atoms with Crippen molar-refractivity contribution in [3.8, 4) is 5.75 Å². The highest BCUT2D eigenvalue weighted by Crippen LogP contribution is 2.21. The van der Waals surface area contributed by atoms with Gasteiger partial charge in [0, 0.05) is 12.1 Å². The number of nitrogen functional groups attached to an aromatic ring is 1. The molecule has 0 heterocycles. The lowest BCUT2D eigenvalue weighted by Gasteiger charge is -2.09. The monoisotopic (exact) mass is 340 g/mol. The van der Waals surface area contributed by atoms with Crippen LogP contribution in [0.3, 0.4) is 0 Å². The Bertz CT molecular complexity index is 509. The van der Waals surface area contributed by atoms with E-state index in [9.17, 15) is 9.59 Å². The summed E-state index contributed by atoms with van der Waals surface area (Å²) in [4.78, 5) is 22.0. The van der Waals surface area contributed by atoms with Crippen molar-refractivity contribution in [3.63, 3.8) is 0 Å². The average Bonchev–Trinajstić information content (AvgIpc) is 2.59. The summed E-state index contributed by atoms with van der Waals surface area (Å²) in [5.74, 6) is 0.244. The van der Waals surface area contributed by atoms with Gasteiger partial charge in [0.2, 0.25) is 0 Å². The molecule has 1 aromatic carbocycles. The van der Waals surface area contributed by atoms with Gasteiger partial charge in [-0.3, -0.25) is 4.79 Å². The first-order valence-corrected chi connectivity index (χ1v) is 7.57. The van der Waals surface area contributed by atoms with Crippen LogP contribution in [0.4, 0.5) is 5.69 Å². The summed E-state index contributed by atoms with van der Waals surface area (Å²) in [5.41, 5.74) is 6.65. The third-order valence-electron chi connectivity index (χ3n) is 2.96. The molecule has 0 unspecified atom stereocenters. The zero-order valence-electron chi connectivity index (χ0n) is 13.8. The lowest BCUT2D eigenvalue weighted by Crippen LogP contribution is -2.27. The maximum atomic E-state index is 12.0. The summed E-state index contributed by atoms with van der Waals surface area (Å²) in [6, 6.07) is 4.85. The molecule has 0 aliphatic rings. The number of hydrogen-bond donors (Lipinski definition) is 2. The van der Waals surface area contributed by atoms with Gasteiger partial charge < -0.3 is 34.8 Å². The number of amides is 1. The Labute approximate surface area is 141 Å². The number of nitrogens with one attached hydrogen (secondary N) is 1. The number of carbonyl (C=O) groups is 2. The lowest BCUT2D eigenvalue weighted by atomic mass is 10.2. The molecule has 0 spiro atoms. The minimum atomic E-state index is -0.222. The fraction of sp³-hybridized carbons (Fsp3) is 0.500. The molecule has 0 saturated carbocycles. The van der Waals surface area contributed by atoms with Crippen molar-refractivity contribution in [1.29, 1.82) is 0 Å². The molecule has 0 fully saturated rings. The number of aldehydes is 1. The summed E-state index contributed by atoms with van der Waals surface area (Å²) < 4.78 is 20.6. The Kier molecular flexibility index (Phi) is 10.2. The van der Waals surface area contributed by atoms with Gasteiger partial charge in [-0.25, -0.2) is 0 Å². The van der Waals surface area contributed by atoms with Gasteiger partial charge in [0.05, 0.1) is 45.8 Å². The zero-order valence-corrected chi connectivity index (χ0v) is 13.8. The normalized spacial score (nSPS) is 10.4. The van der Waals surface area contributed by atoms with Crippen molar-refractivity contribution in [3.05, 3.63) is 23.8 Å². The van der Waals surface area contributed by atoms with Crippen LogP contribution in [0.5, 0.6) is 5.75 Å². The predicted octanol–water partition coefficient (Wildman–Crippen LogP) is 0.256. The van der Waals surface area contributed by atoms with Crippen LogP contribution in [0, 0.1) is 0 Å². The quantitative estimate of drug-likeness (QED) is 0.301. The van der Waals surface area contributed by atoms with Gasteiger partial charge in [0.25, 0.3) is 5.91 Å². The lowest BCUT2D eigenvalue weighted by molar-refractivity contribution is -0.112. The van der Waals surface area contributed by atoms with E-state index < -0.39 is 0 Å². The molecule has 0 aliphatic carbocycles. The Hall–Kier alpha value is -2.16. The number of nitrogens with two attached hydrogens (primary N) is 1. The van der Waals surface area contributed by atoms with Crippen LogP contribution >= 0.6 is 0 Å². The van der Waals surface area contributed by atoms with Crippen molar-refractivity contribution in [2.45, 2.75) is 0 Å². The molecular weight excluding hydrogens is 316 g/mol. The third kappa shape index (κ3) is 7.91. The zero-order chi connectivity index (χ0) is 17.6. The molecule has 0 radical (unpaired) electrons. The van der Waals surface area contributed by atoms with E-state index in [2.05, 4.69) is 5.32 Å². The van der Waals surface area contributed by atoms with Gasteiger partial charge in [-0.05, 0) is 18.2 Å². The summed E-state index contributed by atoms with van der Waals surface area (Å²) in [5, 5.41) is 2.74. The number of methoxy groups -OCH3 is 1. The topological polar surface area (TPSA) is 109 Å². The molecule has 0 aromatic heterocycles. The second-order valence-electron chi connectivity index (χ2n) is 4.68. The largest absolute Gasteiger partial charge is 0.495 e. The molecule has 8 nitrogen and oxygen atoms in total. The molecule has 134 valence electrons. The molecule has 8 heteroatoms. The van der Waals surface area contributed by atoms with E-state index in [0.29, 0.717) is 62.9 Å². The highest BCUT2D eigenvalue weighted by Gasteiger charge is 2.08. The molecule has 0 bridgehead atoms. The first kappa shape index (κ1) is 19.9. The van der Waals surface area contributed by atoms with Crippen LogP contribution in [0.1, 0.15) is 10.4 Å². The van der Waals surface area contributed by atoms with Crippen LogP contribution in [0.2, 0.25) is 0 Å². The Morgan fingerprint density at radius 1 is 1.12 bits per heavy atom. The van der Waals surface area contributed by atoms with Crippen LogP contribution in [-0.4, -0.2) is 65.5 Å². The predicted molar refractivity (Wildman–Crippen MR) is 88.3 cm³/mol. The maximum absolute atomic E-state index is 12.0. The summed E-state index contributed by atoms with van der Waals surface area (Å²) in [7, 11) is 1.50. The van der Waals surface area contributed by atoms with E-state index in [0.717, 1.165) is 0 Å². The van der Waals surface area contributed by atoms with Crippen LogP contribution in [-0.2, 0) is 19.0 Å². The molecule has 0 aliphatic heterocycles. The van der Waals surface area contributed by atoms with Crippen LogP contribution in [0.15, 0.2) is 18.2 Å². The fourth-order valence-corrected chi connectivity index (χ4v) is 1.76. The molecule has 1 rings (SSSR count). The smallest absolute Gasteiger partial charge is 0.251 e. The van der Waals surface area contributed by atoms with Gasteiger partial charge in [0.15, 0.2) is 0 Å². The standard InChI is InChI=1S/C16H24N2O6/c1-21-15-12-13(2-3-14(15)17)16(20)18-4-6-22-8-10-24-11-9-23-7-5-19/h2-3,5,12H,4,6-11,17H2,1H3,(H,18,20). The first-order chi connectivity index (χ1) is 11.7. The summed E-state index contributed by atoms with van der Waals surface area (Å²) >= 11 is 0. The Morgan fingerprint density at radius 3 is 2.46 bits per heavy atom. The molecule has 24 heavy (non-hydrogen) atoms. The van der Waals surface area contributed by atoms with E-state index in [4.69, 9.17) is 24.7 Å². The van der Waals surface area contributed by atoms with Gasteiger partial charge >= 0.3 is 0 Å². The molecular formula is C16H24N2O6. The van der Waals surface area contributed by atoms with Gasteiger partial charge in [-0.1, -0.05) is 0 Å². The number of hydrogen-bond acceptors (Lipinski definition) is 7. The van der Waals surface area contributed by atoms with E-state index >= 15 is 0 Å². The molecule has 3 N–H and O–H groups in total. The molecule has 0 saturated heterocycles. The van der Waals surface area contributed by atoms with Gasteiger partial charge in [-0.2, -0.15) is 0 Å². The van der Waals surface area contributed by atoms with Crippen LogP contribution < -0.4 is 15.8 Å². The summed E-state index contributed by atoms with van der Waals surface area (Å²) in [6.07, 6.45) is 0.692. The second-order valence-corrected chi connectivity index (χ2v) is 4.68. The number of carbonyl (C=O) groups excluding carboxylic acids is 2. The number of ether oxygens (including phenoxy) is 4. The molecule has 1 amide bonds. The molecule has 0 atom stereocenters. The number of rotatable bonds is 13. The maximum Gasteiger partial charge on any atom is 0.251 e. The number of anilines is 1. The third-order valence-corrected chi connectivity index (χ3v) is 2.96. The first-order valence-electron chi connectivity index (χ1n) is 7.57. The minimum absolute atomic E-state index is 0.0828. The minimum Gasteiger partial charge on any atom is -0.495 e.